The van der Waals surface area contributed by atoms with Crippen molar-refractivity contribution in [2.24, 2.45) is 10.7 Å². The highest BCUT2D eigenvalue weighted by Crippen LogP contribution is 2.23. The summed E-state index contributed by atoms with van der Waals surface area (Å²) in [7, 11) is -0.730. The van der Waals surface area contributed by atoms with E-state index in [0.29, 0.717) is 18.2 Å². The molecular weight excluding hydrogens is 475 g/mol. The molecule has 0 aromatic heterocycles. The molecule has 3 atom stereocenters. The Morgan fingerprint density at radius 2 is 1.96 bits per heavy atom. The molecule has 1 fully saturated rings. The number of hydrogen-bond donors (Lipinski definition) is 3. The van der Waals surface area contributed by atoms with Crippen molar-refractivity contribution in [3.8, 4) is 0 Å². The van der Waals surface area contributed by atoms with Gasteiger partial charge in [-0.15, -0.1) is 24.0 Å². The molecule has 0 spiro atoms. The topological polar surface area (TPSA) is 96.6 Å². The molecule has 1 saturated carbocycles. The van der Waals surface area contributed by atoms with Gasteiger partial charge in [0.15, 0.2) is 5.96 Å². The summed E-state index contributed by atoms with van der Waals surface area (Å²) in [6.45, 7) is 5.33. The molecule has 27 heavy (non-hydrogen) atoms. The van der Waals surface area contributed by atoms with Crippen LogP contribution < -0.4 is 16.4 Å². The normalized spacial score (nSPS) is 21.0. The third-order valence-corrected chi connectivity index (χ3v) is 6.37. The minimum atomic E-state index is -0.730. The summed E-state index contributed by atoms with van der Waals surface area (Å²) in [5.41, 5.74) is 6.78. The third kappa shape index (κ3) is 7.77. The number of carbonyl (C=O) groups excluding carboxylic acids is 1. The van der Waals surface area contributed by atoms with Crippen molar-refractivity contribution >= 4 is 46.6 Å². The standard InChI is InChI=1S/C19H30N4O2S.HI/c1-3-21-19(22-13-14-8-10-15(11-9-14)18(20)24)23-16-6-5-7-17(12-16)26(25)4-2;/h8-11,16-17H,3-7,12-13H2,1-2H3,(H2,20,24)(H2,21,22,23);1H. The lowest BCUT2D eigenvalue weighted by molar-refractivity contribution is 0.100. The van der Waals surface area contributed by atoms with Gasteiger partial charge in [0, 0.05) is 40.0 Å². The number of carbonyl (C=O) groups is 1. The summed E-state index contributed by atoms with van der Waals surface area (Å²) >= 11 is 0. The number of benzene rings is 1. The number of nitrogens with two attached hydrogens (primary N) is 1. The Kier molecular flexibility index (Phi) is 10.9. The van der Waals surface area contributed by atoms with Crippen molar-refractivity contribution in [3.63, 3.8) is 0 Å². The van der Waals surface area contributed by atoms with Crippen LogP contribution in [0, 0.1) is 0 Å². The van der Waals surface area contributed by atoms with Gasteiger partial charge in [0.25, 0.3) is 0 Å². The van der Waals surface area contributed by atoms with E-state index in [0.717, 1.165) is 49.5 Å². The predicted molar refractivity (Wildman–Crippen MR) is 123 cm³/mol. The van der Waals surface area contributed by atoms with E-state index in [2.05, 4.69) is 15.6 Å². The molecule has 6 nitrogen and oxygen atoms in total. The van der Waals surface area contributed by atoms with Crippen LogP contribution in [0.4, 0.5) is 0 Å². The van der Waals surface area contributed by atoms with E-state index in [-0.39, 0.29) is 29.2 Å². The van der Waals surface area contributed by atoms with Gasteiger partial charge in [-0.05, 0) is 43.9 Å². The number of hydrogen-bond acceptors (Lipinski definition) is 3. The molecule has 1 aromatic carbocycles. The molecule has 0 radical (unpaired) electrons. The van der Waals surface area contributed by atoms with E-state index in [9.17, 15) is 9.00 Å². The first-order valence-corrected chi connectivity index (χ1v) is 10.7. The van der Waals surface area contributed by atoms with Crippen LogP contribution in [-0.4, -0.2) is 39.7 Å². The van der Waals surface area contributed by atoms with Crippen molar-refractivity contribution in [2.45, 2.75) is 57.4 Å². The first kappa shape index (κ1) is 23.9. The van der Waals surface area contributed by atoms with Gasteiger partial charge in [-0.25, -0.2) is 4.99 Å². The summed E-state index contributed by atoms with van der Waals surface area (Å²) in [5.74, 6) is 1.08. The second kappa shape index (κ2) is 12.3. The highest BCUT2D eigenvalue weighted by molar-refractivity contribution is 14.0. The fourth-order valence-corrected chi connectivity index (χ4v) is 4.56. The fraction of sp³-hybridized carbons (Fsp3) is 0.579. The predicted octanol–water partition coefficient (Wildman–Crippen LogP) is 2.54. The Hall–Kier alpha value is -1.16. The van der Waals surface area contributed by atoms with Gasteiger partial charge in [0.2, 0.25) is 5.91 Å². The van der Waals surface area contributed by atoms with Crippen molar-refractivity contribution < 1.29 is 9.00 Å². The molecule has 4 N–H and O–H groups in total. The molecule has 152 valence electrons. The Balaban J connectivity index is 0.00000364. The number of guanidine groups is 1. The molecule has 3 unspecified atom stereocenters. The molecule has 0 heterocycles. The maximum Gasteiger partial charge on any atom is 0.248 e. The van der Waals surface area contributed by atoms with Gasteiger partial charge in [-0.3, -0.25) is 9.00 Å². The zero-order valence-electron chi connectivity index (χ0n) is 16.1. The third-order valence-electron chi connectivity index (χ3n) is 4.63. The van der Waals surface area contributed by atoms with Crippen LogP contribution in [0.1, 0.15) is 55.5 Å². The first-order chi connectivity index (χ1) is 12.5. The molecule has 8 heteroatoms. The molecule has 1 aliphatic carbocycles. The Morgan fingerprint density at radius 1 is 1.26 bits per heavy atom. The molecule has 1 aliphatic rings. The number of primary amides is 1. The highest BCUT2D eigenvalue weighted by atomic mass is 127. The monoisotopic (exact) mass is 506 g/mol. The second-order valence-electron chi connectivity index (χ2n) is 6.56. The number of amides is 1. The number of rotatable bonds is 7. The molecule has 1 amide bonds. The summed E-state index contributed by atoms with van der Waals surface area (Å²) in [5, 5.41) is 7.06. The number of nitrogens with zero attached hydrogens (tertiary/aromatic N) is 1. The van der Waals surface area contributed by atoms with Crippen molar-refractivity contribution in [1.82, 2.24) is 10.6 Å². The van der Waals surface area contributed by atoms with E-state index in [4.69, 9.17) is 5.73 Å². The fourth-order valence-electron chi connectivity index (χ4n) is 3.21. The van der Waals surface area contributed by atoms with Crippen molar-refractivity contribution in [2.75, 3.05) is 12.3 Å². The number of nitrogens with one attached hydrogen (secondary N) is 2. The second-order valence-corrected chi connectivity index (χ2v) is 8.56. The maximum atomic E-state index is 12.1. The highest BCUT2D eigenvalue weighted by Gasteiger charge is 2.25. The molecule has 2 rings (SSSR count). The van der Waals surface area contributed by atoms with Crippen LogP contribution in [0.5, 0.6) is 0 Å². The van der Waals surface area contributed by atoms with Crippen LogP contribution >= 0.6 is 24.0 Å². The lowest BCUT2D eigenvalue weighted by Gasteiger charge is -2.30. The van der Waals surface area contributed by atoms with Crippen LogP contribution in [0.25, 0.3) is 0 Å². The van der Waals surface area contributed by atoms with Crippen LogP contribution in [0.2, 0.25) is 0 Å². The molecule has 1 aromatic rings. The van der Waals surface area contributed by atoms with E-state index in [1.807, 2.05) is 26.0 Å². The quantitative estimate of drug-likeness (QED) is 0.301. The number of aliphatic imine (C=N–C) groups is 1. The summed E-state index contributed by atoms with van der Waals surface area (Å²) in [6.07, 6.45) is 4.16. The summed E-state index contributed by atoms with van der Waals surface area (Å²) in [6, 6.07) is 7.49. The van der Waals surface area contributed by atoms with Gasteiger partial charge >= 0.3 is 0 Å². The lowest BCUT2D eigenvalue weighted by atomic mass is 9.95. The first-order valence-electron chi connectivity index (χ1n) is 9.34. The number of halogens is 1. The molecule has 0 aliphatic heterocycles. The average molecular weight is 506 g/mol. The lowest BCUT2D eigenvalue weighted by Crippen LogP contribution is -2.46. The van der Waals surface area contributed by atoms with Gasteiger partial charge in [0.1, 0.15) is 0 Å². The summed E-state index contributed by atoms with van der Waals surface area (Å²) in [4.78, 5) is 15.8. The smallest absolute Gasteiger partial charge is 0.248 e. The Labute approximate surface area is 181 Å². The molecule has 0 saturated heterocycles. The van der Waals surface area contributed by atoms with E-state index in [1.54, 1.807) is 12.1 Å². The van der Waals surface area contributed by atoms with Crippen LogP contribution in [0.15, 0.2) is 29.3 Å². The zero-order chi connectivity index (χ0) is 18.9. The Morgan fingerprint density at radius 3 is 2.56 bits per heavy atom. The van der Waals surface area contributed by atoms with Crippen molar-refractivity contribution in [1.29, 1.82) is 0 Å². The van der Waals surface area contributed by atoms with Crippen LogP contribution in [0.3, 0.4) is 0 Å². The Bertz CT molecular complexity index is 652. The SMILES string of the molecule is CCNC(=NCc1ccc(C(N)=O)cc1)NC1CCCC(S(=O)CC)C1.I. The van der Waals surface area contributed by atoms with E-state index >= 15 is 0 Å². The zero-order valence-corrected chi connectivity index (χ0v) is 19.2. The van der Waals surface area contributed by atoms with Gasteiger partial charge in [0.05, 0.1) is 6.54 Å². The van der Waals surface area contributed by atoms with E-state index < -0.39 is 16.7 Å². The van der Waals surface area contributed by atoms with Gasteiger partial charge < -0.3 is 16.4 Å². The minimum Gasteiger partial charge on any atom is -0.366 e. The van der Waals surface area contributed by atoms with Gasteiger partial charge in [-0.1, -0.05) is 25.5 Å². The maximum absolute atomic E-state index is 12.1. The van der Waals surface area contributed by atoms with Crippen molar-refractivity contribution in [3.05, 3.63) is 35.4 Å². The summed E-state index contributed by atoms with van der Waals surface area (Å²) < 4.78 is 12.1. The average Bonchev–Trinajstić information content (AvgIpc) is 2.66. The molecular formula is C19H31IN4O2S. The molecule has 0 bridgehead atoms. The minimum absolute atomic E-state index is 0. The van der Waals surface area contributed by atoms with Gasteiger partial charge in [-0.2, -0.15) is 0 Å². The van der Waals surface area contributed by atoms with Crippen LogP contribution in [-0.2, 0) is 17.3 Å². The largest absolute Gasteiger partial charge is 0.366 e. The van der Waals surface area contributed by atoms with E-state index in [1.165, 1.54) is 0 Å².